The van der Waals surface area contributed by atoms with Gasteiger partial charge >= 0.3 is 0 Å². The summed E-state index contributed by atoms with van der Waals surface area (Å²) in [5.74, 6) is 2.57. The molecule has 2 rings (SSSR count). The molecule has 0 radical (unpaired) electrons. The third kappa shape index (κ3) is 3.79. The Morgan fingerprint density at radius 1 is 0.760 bits per heavy atom. The van der Waals surface area contributed by atoms with Crippen LogP contribution in [0.15, 0.2) is 30.3 Å². The number of benzene rings is 2. The second kappa shape index (κ2) is 8.28. The Kier molecular flexibility index (Phi) is 6.11. The van der Waals surface area contributed by atoms with Gasteiger partial charge in [0.2, 0.25) is 5.75 Å². The van der Waals surface area contributed by atoms with Crippen molar-refractivity contribution in [3.8, 4) is 28.7 Å². The number of methoxy groups -OCH3 is 4. The summed E-state index contributed by atoms with van der Waals surface area (Å²) < 4.78 is 26.4. The molecule has 6 heteroatoms. The first kappa shape index (κ1) is 18.4. The summed E-state index contributed by atoms with van der Waals surface area (Å²) in [4.78, 5) is 10.7. The second-order valence-corrected chi connectivity index (χ2v) is 5.30. The van der Waals surface area contributed by atoms with E-state index in [1.54, 1.807) is 33.5 Å². The second-order valence-electron chi connectivity index (χ2n) is 5.30. The zero-order valence-corrected chi connectivity index (χ0v) is 15.0. The highest BCUT2D eigenvalue weighted by Gasteiger charge is 2.18. The van der Waals surface area contributed by atoms with E-state index in [9.17, 15) is 4.79 Å². The predicted molar refractivity (Wildman–Crippen MR) is 93.3 cm³/mol. The van der Waals surface area contributed by atoms with Crippen LogP contribution in [-0.2, 0) is 4.79 Å². The number of ether oxygens (including phenoxy) is 5. The fourth-order valence-corrected chi connectivity index (χ4v) is 2.65. The summed E-state index contributed by atoms with van der Waals surface area (Å²) >= 11 is 0. The van der Waals surface area contributed by atoms with E-state index in [1.165, 1.54) is 7.11 Å². The van der Waals surface area contributed by atoms with Gasteiger partial charge in [0, 0.05) is 5.92 Å². The summed E-state index contributed by atoms with van der Waals surface area (Å²) in [5.41, 5.74) is 1.92. The van der Waals surface area contributed by atoms with Gasteiger partial charge in [-0.15, -0.1) is 0 Å². The molecular formula is C19H22O6. The lowest BCUT2D eigenvalue weighted by Crippen LogP contribution is -2.02. The van der Waals surface area contributed by atoms with Gasteiger partial charge in [-0.2, -0.15) is 0 Å². The predicted octanol–water partition coefficient (Wildman–Crippen LogP) is 3.41. The minimum Gasteiger partial charge on any atom is -0.493 e. The van der Waals surface area contributed by atoms with Gasteiger partial charge in [0.15, 0.2) is 23.0 Å². The fourth-order valence-electron chi connectivity index (χ4n) is 2.65. The van der Waals surface area contributed by atoms with Crippen LogP contribution in [0.4, 0.5) is 0 Å². The third-order valence-electron chi connectivity index (χ3n) is 4.05. The van der Waals surface area contributed by atoms with Crippen LogP contribution in [0.5, 0.6) is 28.7 Å². The van der Waals surface area contributed by atoms with E-state index in [4.69, 9.17) is 23.7 Å². The molecule has 0 bridgehead atoms. The molecule has 0 saturated heterocycles. The molecule has 2 aromatic carbocycles. The number of rotatable bonds is 8. The number of carbonyl (C=O) groups excluding carboxylic acids is 1. The van der Waals surface area contributed by atoms with Crippen molar-refractivity contribution in [2.24, 2.45) is 0 Å². The minimum atomic E-state index is -0.00591. The highest BCUT2D eigenvalue weighted by Crippen LogP contribution is 2.42. The minimum absolute atomic E-state index is 0.00591. The molecule has 0 aromatic heterocycles. The molecule has 0 N–H and O–H groups in total. The molecule has 0 fully saturated rings. The molecule has 0 aliphatic carbocycles. The van der Waals surface area contributed by atoms with Crippen molar-refractivity contribution < 1.29 is 28.5 Å². The average molecular weight is 346 g/mol. The van der Waals surface area contributed by atoms with E-state index in [1.807, 2.05) is 25.1 Å². The van der Waals surface area contributed by atoms with E-state index < -0.39 is 0 Å². The Balaban J connectivity index is 2.48. The van der Waals surface area contributed by atoms with Gasteiger partial charge in [0.05, 0.1) is 28.4 Å². The van der Waals surface area contributed by atoms with Gasteiger partial charge in [-0.05, 0) is 35.4 Å². The van der Waals surface area contributed by atoms with Crippen molar-refractivity contribution in [3.63, 3.8) is 0 Å². The smallest absolute Gasteiger partial charge is 0.298 e. The van der Waals surface area contributed by atoms with Crippen molar-refractivity contribution in [1.29, 1.82) is 0 Å². The van der Waals surface area contributed by atoms with E-state index in [0.29, 0.717) is 35.2 Å². The van der Waals surface area contributed by atoms with Crippen LogP contribution >= 0.6 is 0 Å². The van der Waals surface area contributed by atoms with E-state index in [0.717, 1.165) is 11.1 Å². The normalized spacial score (nSPS) is 11.4. The van der Waals surface area contributed by atoms with Crippen molar-refractivity contribution in [2.75, 3.05) is 28.4 Å². The van der Waals surface area contributed by atoms with Gasteiger partial charge in [-0.3, -0.25) is 4.79 Å². The number of hydrogen-bond acceptors (Lipinski definition) is 6. The first-order valence-corrected chi connectivity index (χ1v) is 7.67. The molecule has 0 saturated carbocycles. The zero-order valence-electron chi connectivity index (χ0n) is 15.0. The summed E-state index contributed by atoms with van der Waals surface area (Å²) in [6, 6.07) is 9.26. The molecule has 0 aliphatic rings. The van der Waals surface area contributed by atoms with Gasteiger partial charge in [0.25, 0.3) is 6.47 Å². The van der Waals surface area contributed by atoms with Crippen molar-refractivity contribution in [2.45, 2.75) is 12.8 Å². The molecular weight excluding hydrogens is 324 g/mol. The Hall–Kier alpha value is -2.89. The van der Waals surface area contributed by atoms with Crippen LogP contribution in [-0.4, -0.2) is 34.9 Å². The molecule has 0 aliphatic heterocycles. The van der Waals surface area contributed by atoms with Crippen LogP contribution in [0.1, 0.15) is 24.0 Å². The molecule has 0 amide bonds. The number of carbonyl (C=O) groups is 1. The third-order valence-corrected chi connectivity index (χ3v) is 4.05. The first-order valence-electron chi connectivity index (χ1n) is 7.67. The highest BCUT2D eigenvalue weighted by molar-refractivity contribution is 5.57. The molecule has 1 atom stereocenters. The maximum Gasteiger partial charge on any atom is 0.298 e. The summed E-state index contributed by atoms with van der Waals surface area (Å²) in [5, 5.41) is 0. The fraction of sp³-hybridized carbons (Fsp3) is 0.316. The summed E-state index contributed by atoms with van der Waals surface area (Å²) in [6.45, 7) is 2.42. The zero-order chi connectivity index (χ0) is 18.4. The summed E-state index contributed by atoms with van der Waals surface area (Å²) in [7, 11) is 6.25. The van der Waals surface area contributed by atoms with Crippen molar-refractivity contribution in [1.82, 2.24) is 0 Å². The van der Waals surface area contributed by atoms with Crippen LogP contribution < -0.4 is 23.7 Å². The Bertz CT molecular complexity index is 716. The summed E-state index contributed by atoms with van der Waals surface area (Å²) in [6.07, 6.45) is 0. The standard InChI is InChI=1S/C19H22O6/c1-12(13-6-7-15(21-2)16(8-13)25-11-20)14-9-17(22-3)19(24-5)18(10-14)23-4/h6-12H,1-5H3. The van der Waals surface area contributed by atoms with E-state index in [-0.39, 0.29) is 5.92 Å². The largest absolute Gasteiger partial charge is 0.493 e. The first-order chi connectivity index (χ1) is 12.1. The van der Waals surface area contributed by atoms with Crippen molar-refractivity contribution >= 4 is 6.47 Å². The lowest BCUT2D eigenvalue weighted by Gasteiger charge is -2.19. The molecule has 0 spiro atoms. The van der Waals surface area contributed by atoms with Crippen LogP contribution in [0.3, 0.4) is 0 Å². The van der Waals surface area contributed by atoms with Crippen molar-refractivity contribution in [3.05, 3.63) is 41.5 Å². The number of hydrogen-bond donors (Lipinski definition) is 0. The quantitative estimate of drug-likeness (QED) is 0.683. The van der Waals surface area contributed by atoms with Crippen LogP contribution in [0.2, 0.25) is 0 Å². The molecule has 134 valence electrons. The van der Waals surface area contributed by atoms with E-state index >= 15 is 0 Å². The molecule has 6 nitrogen and oxygen atoms in total. The van der Waals surface area contributed by atoms with Crippen LogP contribution in [0, 0.1) is 0 Å². The Morgan fingerprint density at radius 2 is 1.32 bits per heavy atom. The lowest BCUT2D eigenvalue weighted by molar-refractivity contribution is -0.120. The maximum atomic E-state index is 10.7. The monoisotopic (exact) mass is 346 g/mol. The molecule has 0 heterocycles. The van der Waals surface area contributed by atoms with Gasteiger partial charge in [-0.25, -0.2) is 0 Å². The molecule has 2 aromatic rings. The maximum absolute atomic E-state index is 10.7. The Morgan fingerprint density at radius 3 is 1.80 bits per heavy atom. The van der Waals surface area contributed by atoms with Gasteiger partial charge in [-0.1, -0.05) is 13.0 Å². The highest BCUT2D eigenvalue weighted by atomic mass is 16.5. The van der Waals surface area contributed by atoms with E-state index in [2.05, 4.69) is 0 Å². The lowest BCUT2D eigenvalue weighted by atomic mass is 9.92. The SMILES string of the molecule is COc1ccc(C(C)c2cc(OC)c(OC)c(OC)c2)cc1OC=O. The average Bonchev–Trinajstić information content (AvgIpc) is 2.66. The van der Waals surface area contributed by atoms with Gasteiger partial charge < -0.3 is 23.7 Å². The Labute approximate surface area is 147 Å². The van der Waals surface area contributed by atoms with Gasteiger partial charge in [0.1, 0.15) is 0 Å². The molecule has 1 unspecified atom stereocenters. The topological polar surface area (TPSA) is 63.2 Å². The van der Waals surface area contributed by atoms with Crippen LogP contribution in [0.25, 0.3) is 0 Å². The molecule has 25 heavy (non-hydrogen) atoms.